The molecule has 16 heavy (non-hydrogen) atoms. The molecule has 0 unspecified atom stereocenters. The van der Waals surface area contributed by atoms with Crippen LogP contribution in [0.2, 0.25) is 0 Å². The summed E-state index contributed by atoms with van der Waals surface area (Å²) in [4.78, 5) is 21.9. The van der Waals surface area contributed by atoms with E-state index < -0.39 is 11.7 Å². The van der Waals surface area contributed by atoms with Gasteiger partial charge in [0.15, 0.2) is 0 Å². The largest absolute Gasteiger partial charge is 0.444 e. The van der Waals surface area contributed by atoms with Gasteiger partial charge in [0, 0.05) is 18.4 Å². The first kappa shape index (κ1) is 13.0. The molecular weight excluding hydrogens is 210 g/mol. The summed E-state index contributed by atoms with van der Waals surface area (Å²) >= 11 is 0. The van der Waals surface area contributed by atoms with E-state index in [9.17, 15) is 9.59 Å². The fourth-order valence-electron chi connectivity index (χ4n) is 1.43. The summed E-state index contributed by atoms with van der Waals surface area (Å²) in [6, 6.07) is 0. The van der Waals surface area contributed by atoms with Crippen molar-refractivity contribution in [1.29, 1.82) is 0 Å². The molecule has 0 bridgehead atoms. The summed E-state index contributed by atoms with van der Waals surface area (Å²) in [6.45, 7) is 6.87. The summed E-state index contributed by atoms with van der Waals surface area (Å²) in [5.41, 5.74) is -0.726. The molecule has 1 aliphatic heterocycles. The second-order valence-corrected chi connectivity index (χ2v) is 5.22. The number of rotatable bonds is 4. The van der Waals surface area contributed by atoms with Gasteiger partial charge in [-0.25, -0.2) is 4.79 Å². The number of alkyl carbamates (subject to hydrolysis) is 1. The molecule has 0 aromatic heterocycles. The molecule has 1 N–H and O–H groups in total. The van der Waals surface area contributed by atoms with Crippen LogP contribution in [0.15, 0.2) is 0 Å². The van der Waals surface area contributed by atoms with Gasteiger partial charge >= 0.3 is 6.09 Å². The molecule has 1 fully saturated rings. The van der Waals surface area contributed by atoms with Gasteiger partial charge in [0.1, 0.15) is 11.9 Å². The minimum absolute atomic E-state index is 0.224. The Balaban J connectivity index is 2.33. The zero-order chi connectivity index (χ0) is 12.2. The van der Waals surface area contributed by atoms with Crippen LogP contribution in [-0.2, 0) is 14.3 Å². The Morgan fingerprint density at radius 2 is 2.12 bits per heavy atom. The van der Waals surface area contributed by atoms with E-state index in [-0.39, 0.29) is 5.41 Å². The van der Waals surface area contributed by atoms with E-state index in [2.05, 4.69) is 5.32 Å². The summed E-state index contributed by atoms with van der Waals surface area (Å²) in [5.74, 6) is 0. The number of aldehydes is 1. The molecule has 1 heterocycles. The third-order valence-corrected chi connectivity index (χ3v) is 2.34. The van der Waals surface area contributed by atoms with Gasteiger partial charge in [0.2, 0.25) is 0 Å². The van der Waals surface area contributed by atoms with Crippen LogP contribution in [0.1, 0.15) is 27.2 Å². The van der Waals surface area contributed by atoms with Gasteiger partial charge in [-0.15, -0.1) is 0 Å². The highest BCUT2D eigenvalue weighted by Crippen LogP contribution is 2.29. The minimum Gasteiger partial charge on any atom is -0.444 e. The highest BCUT2D eigenvalue weighted by atomic mass is 16.6. The zero-order valence-electron chi connectivity index (χ0n) is 10.0. The Kier molecular flexibility index (Phi) is 3.91. The van der Waals surface area contributed by atoms with Crippen LogP contribution in [0.5, 0.6) is 0 Å². The number of carbonyl (C=O) groups excluding carboxylic acids is 2. The molecular formula is C11H19NO4. The predicted octanol–water partition coefficient (Wildman–Crippen LogP) is 1.12. The van der Waals surface area contributed by atoms with Crippen molar-refractivity contribution < 1.29 is 19.1 Å². The number of ether oxygens (including phenoxy) is 2. The van der Waals surface area contributed by atoms with Crippen LogP contribution in [0.3, 0.4) is 0 Å². The van der Waals surface area contributed by atoms with Crippen molar-refractivity contribution in [3.05, 3.63) is 0 Å². The van der Waals surface area contributed by atoms with Crippen LogP contribution in [0.4, 0.5) is 4.79 Å². The first-order chi connectivity index (χ1) is 7.37. The number of hydrogen-bond acceptors (Lipinski definition) is 4. The normalized spacial score (nSPS) is 18.4. The average Bonchev–Trinajstić information content (AvgIpc) is 2.06. The molecule has 0 radical (unpaired) electrons. The Morgan fingerprint density at radius 3 is 2.50 bits per heavy atom. The highest BCUT2D eigenvalue weighted by molar-refractivity contribution is 5.67. The first-order valence-corrected chi connectivity index (χ1v) is 5.35. The maximum atomic E-state index is 11.4. The lowest BCUT2D eigenvalue weighted by Crippen LogP contribution is -2.51. The summed E-state index contributed by atoms with van der Waals surface area (Å²) in [5, 5.41) is 2.67. The molecule has 1 rings (SSSR count). The quantitative estimate of drug-likeness (QED) is 0.734. The lowest BCUT2D eigenvalue weighted by atomic mass is 9.83. The molecule has 0 atom stereocenters. The van der Waals surface area contributed by atoms with Crippen molar-refractivity contribution in [2.45, 2.75) is 32.8 Å². The minimum atomic E-state index is -0.502. The first-order valence-electron chi connectivity index (χ1n) is 5.35. The van der Waals surface area contributed by atoms with Crippen molar-refractivity contribution >= 4 is 12.4 Å². The third-order valence-electron chi connectivity index (χ3n) is 2.34. The van der Waals surface area contributed by atoms with Gasteiger partial charge in [-0.05, 0) is 20.8 Å². The zero-order valence-corrected chi connectivity index (χ0v) is 10.0. The number of amides is 1. The molecule has 0 spiro atoms. The maximum absolute atomic E-state index is 11.4. The van der Waals surface area contributed by atoms with E-state index in [1.165, 1.54) is 0 Å². The average molecular weight is 229 g/mol. The van der Waals surface area contributed by atoms with E-state index in [4.69, 9.17) is 9.47 Å². The Hall–Kier alpha value is -1.10. The smallest absolute Gasteiger partial charge is 0.407 e. The number of carbonyl (C=O) groups is 2. The Bertz CT molecular complexity index is 266. The molecule has 1 aliphatic rings. The summed E-state index contributed by atoms with van der Waals surface area (Å²) in [6.07, 6.45) is 0.812. The monoisotopic (exact) mass is 229 g/mol. The van der Waals surface area contributed by atoms with E-state index in [1.54, 1.807) is 20.8 Å². The molecule has 0 aromatic carbocycles. The van der Waals surface area contributed by atoms with Gasteiger partial charge in [0.05, 0.1) is 13.2 Å². The van der Waals surface area contributed by atoms with Gasteiger partial charge in [0.25, 0.3) is 0 Å². The molecule has 92 valence electrons. The van der Waals surface area contributed by atoms with Crippen molar-refractivity contribution in [3.8, 4) is 0 Å². The second-order valence-electron chi connectivity index (χ2n) is 5.22. The number of hydrogen-bond donors (Lipinski definition) is 1. The van der Waals surface area contributed by atoms with Crippen LogP contribution in [0.25, 0.3) is 0 Å². The molecule has 1 saturated heterocycles. The Morgan fingerprint density at radius 1 is 1.50 bits per heavy atom. The fourth-order valence-corrected chi connectivity index (χ4v) is 1.43. The van der Waals surface area contributed by atoms with Gasteiger partial charge in [-0.3, -0.25) is 0 Å². The van der Waals surface area contributed by atoms with Crippen LogP contribution >= 0.6 is 0 Å². The third kappa shape index (κ3) is 3.81. The lowest BCUT2D eigenvalue weighted by molar-refractivity contribution is -0.131. The van der Waals surface area contributed by atoms with Gasteiger partial charge in [-0.1, -0.05) is 0 Å². The van der Waals surface area contributed by atoms with Crippen molar-refractivity contribution in [2.24, 2.45) is 5.41 Å². The molecule has 0 saturated carbocycles. The lowest BCUT2D eigenvalue weighted by Gasteiger charge is -2.40. The summed E-state index contributed by atoms with van der Waals surface area (Å²) < 4.78 is 10.2. The standard InChI is InChI=1S/C11H19NO4/c1-10(2,3)16-9(14)12-6-11(4-5-13)7-15-8-11/h5H,4,6-8H2,1-3H3,(H,12,14). The van der Waals surface area contributed by atoms with E-state index in [0.717, 1.165) is 6.29 Å². The summed E-state index contributed by atoms with van der Waals surface area (Å²) in [7, 11) is 0. The van der Waals surface area contributed by atoms with Crippen LogP contribution < -0.4 is 5.32 Å². The van der Waals surface area contributed by atoms with Crippen molar-refractivity contribution in [1.82, 2.24) is 5.32 Å². The SMILES string of the molecule is CC(C)(C)OC(=O)NCC1(CC=O)COC1. The van der Waals surface area contributed by atoms with E-state index in [1.807, 2.05) is 0 Å². The highest BCUT2D eigenvalue weighted by Gasteiger charge is 2.38. The van der Waals surface area contributed by atoms with Crippen molar-refractivity contribution in [2.75, 3.05) is 19.8 Å². The van der Waals surface area contributed by atoms with E-state index >= 15 is 0 Å². The molecule has 5 nitrogen and oxygen atoms in total. The topological polar surface area (TPSA) is 64.6 Å². The fraction of sp³-hybridized carbons (Fsp3) is 0.818. The second kappa shape index (κ2) is 4.82. The predicted molar refractivity (Wildman–Crippen MR) is 58.2 cm³/mol. The molecule has 1 amide bonds. The van der Waals surface area contributed by atoms with Crippen LogP contribution in [-0.4, -0.2) is 37.7 Å². The molecule has 5 heteroatoms. The molecule has 0 aliphatic carbocycles. The number of nitrogens with one attached hydrogen (secondary N) is 1. The van der Waals surface area contributed by atoms with Crippen LogP contribution in [0, 0.1) is 5.41 Å². The van der Waals surface area contributed by atoms with Gasteiger partial charge in [-0.2, -0.15) is 0 Å². The van der Waals surface area contributed by atoms with E-state index in [0.29, 0.717) is 26.2 Å². The maximum Gasteiger partial charge on any atom is 0.407 e. The molecule has 0 aromatic rings. The van der Waals surface area contributed by atoms with Crippen molar-refractivity contribution in [3.63, 3.8) is 0 Å². The Labute approximate surface area is 95.5 Å². The van der Waals surface area contributed by atoms with Gasteiger partial charge < -0.3 is 19.6 Å².